The zero-order valence-corrected chi connectivity index (χ0v) is 11.2. The minimum Gasteiger partial charge on any atom is -0.386 e. The second kappa shape index (κ2) is 6.59. The van der Waals surface area contributed by atoms with Gasteiger partial charge in [0, 0.05) is 0 Å². The number of aliphatic hydroxyl groups is 1. The Balaban J connectivity index is 1.93. The summed E-state index contributed by atoms with van der Waals surface area (Å²) in [7, 11) is 0. The van der Waals surface area contributed by atoms with Gasteiger partial charge in [-0.1, -0.05) is 31.4 Å². The zero-order chi connectivity index (χ0) is 14.6. The molecule has 0 bridgehead atoms. The lowest BCUT2D eigenvalue weighted by molar-refractivity contribution is -0.137. The van der Waals surface area contributed by atoms with Crippen molar-refractivity contribution in [1.29, 1.82) is 0 Å². The number of hydrogen-bond donors (Lipinski definition) is 1. The van der Waals surface area contributed by atoms with Gasteiger partial charge < -0.3 is 9.84 Å². The van der Waals surface area contributed by atoms with Crippen LogP contribution in [0.2, 0.25) is 0 Å². The third-order valence-corrected chi connectivity index (χ3v) is 3.64. The van der Waals surface area contributed by atoms with E-state index < -0.39 is 17.8 Å². The van der Waals surface area contributed by atoms with Crippen molar-refractivity contribution < 1.29 is 23.0 Å². The van der Waals surface area contributed by atoms with E-state index in [9.17, 15) is 18.3 Å². The van der Waals surface area contributed by atoms with E-state index >= 15 is 0 Å². The van der Waals surface area contributed by atoms with Gasteiger partial charge in [-0.05, 0) is 30.5 Å². The molecular weight excluding hydrogens is 269 g/mol. The van der Waals surface area contributed by atoms with E-state index in [1.807, 2.05) is 0 Å². The third-order valence-electron chi connectivity index (χ3n) is 3.64. The summed E-state index contributed by atoms with van der Waals surface area (Å²) in [6.45, 7) is 0.0476. The Labute approximate surface area is 116 Å². The summed E-state index contributed by atoms with van der Waals surface area (Å²) in [5.74, 6) is 0. The van der Waals surface area contributed by atoms with Crippen molar-refractivity contribution >= 4 is 0 Å². The van der Waals surface area contributed by atoms with Crippen LogP contribution in [-0.4, -0.2) is 17.8 Å². The predicted octanol–water partition coefficient (Wildman–Crippen LogP) is 4.09. The van der Waals surface area contributed by atoms with E-state index in [0.29, 0.717) is 0 Å². The number of hydrogen-bond acceptors (Lipinski definition) is 2. The molecule has 0 aromatic heterocycles. The molecule has 1 fully saturated rings. The molecule has 1 aliphatic carbocycles. The van der Waals surface area contributed by atoms with Gasteiger partial charge in [-0.15, -0.1) is 0 Å². The molecule has 1 saturated carbocycles. The average molecular weight is 288 g/mol. The first-order chi connectivity index (χ1) is 9.47. The lowest BCUT2D eigenvalue weighted by Crippen LogP contribution is -2.20. The van der Waals surface area contributed by atoms with Crippen molar-refractivity contribution in [3.05, 3.63) is 35.4 Å². The van der Waals surface area contributed by atoms with Crippen LogP contribution in [0.5, 0.6) is 0 Å². The summed E-state index contributed by atoms with van der Waals surface area (Å²) in [6.07, 6.45) is 0.0957. The largest absolute Gasteiger partial charge is 0.416 e. The first kappa shape index (κ1) is 15.3. The Hall–Kier alpha value is -1.07. The van der Waals surface area contributed by atoms with Gasteiger partial charge in [0.1, 0.15) is 6.10 Å². The van der Waals surface area contributed by atoms with Crippen molar-refractivity contribution in [2.75, 3.05) is 6.61 Å². The van der Waals surface area contributed by atoms with Crippen LogP contribution in [0.4, 0.5) is 13.2 Å². The standard InChI is InChI=1S/C15H19F3O2/c16-15(17,18)12-6-4-5-11(9-12)14(19)10-20-13-7-2-1-3-8-13/h4-6,9,13-14,19H,1-3,7-8,10H2. The quantitative estimate of drug-likeness (QED) is 0.904. The van der Waals surface area contributed by atoms with Gasteiger partial charge >= 0.3 is 6.18 Å². The highest BCUT2D eigenvalue weighted by molar-refractivity contribution is 5.27. The summed E-state index contributed by atoms with van der Waals surface area (Å²) in [4.78, 5) is 0. The highest BCUT2D eigenvalue weighted by Crippen LogP contribution is 2.31. The van der Waals surface area contributed by atoms with E-state index in [1.165, 1.54) is 18.6 Å². The van der Waals surface area contributed by atoms with Crippen LogP contribution in [0.25, 0.3) is 0 Å². The Bertz CT molecular complexity index is 425. The highest BCUT2D eigenvalue weighted by Gasteiger charge is 2.30. The maximum atomic E-state index is 12.6. The summed E-state index contributed by atoms with van der Waals surface area (Å²) in [5, 5.41) is 9.95. The van der Waals surface area contributed by atoms with E-state index in [-0.39, 0.29) is 18.3 Å². The number of ether oxygens (including phenoxy) is 1. The first-order valence-corrected chi connectivity index (χ1v) is 6.93. The molecule has 5 heteroatoms. The molecule has 2 rings (SSSR count). The Morgan fingerprint density at radius 3 is 2.55 bits per heavy atom. The molecule has 1 atom stereocenters. The van der Waals surface area contributed by atoms with Gasteiger partial charge in [-0.3, -0.25) is 0 Å². The first-order valence-electron chi connectivity index (χ1n) is 6.93. The Morgan fingerprint density at radius 2 is 1.90 bits per heavy atom. The maximum Gasteiger partial charge on any atom is 0.416 e. The van der Waals surface area contributed by atoms with Crippen LogP contribution in [0.15, 0.2) is 24.3 Å². The van der Waals surface area contributed by atoms with Crippen LogP contribution >= 0.6 is 0 Å². The fourth-order valence-electron chi connectivity index (χ4n) is 2.48. The number of alkyl halides is 3. The molecule has 0 aliphatic heterocycles. The Morgan fingerprint density at radius 1 is 1.20 bits per heavy atom. The van der Waals surface area contributed by atoms with E-state index in [0.717, 1.165) is 37.8 Å². The highest BCUT2D eigenvalue weighted by atomic mass is 19.4. The fraction of sp³-hybridized carbons (Fsp3) is 0.600. The number of aliphatic hydroxyl groups excluding tert-OH is 1. The van der Waals surface area contributed by atoms with Crippen LogP contribution in [0.1, 0.15) is 49.3 Å². The summed E-state index contributed by atoms with van der Waals surface area (Å²) in [5.41, 5.74) is -0.498. The number of rotatable bonds is 4. The molecule has 0 amide bonds. The summed E-state index contributed by atoms with van der Waals surface area (Å²) >= 11 is 0. The molecule has 20 heavy (non-hydrogen) atoms. The van der Waals surface area contributed by atoms with Crippen LogP contribution < -0.4 is 0 Å². The van der Waals surface area contributed by atoms with Crippen molar-refractivity contribution in [2.24, 2.45) is 0 Å². The van der Waals surface area contributed by atoms with E-state index in [4.69, 9.17) is 4.74 Å². The molecule has 1 aromatic rings. The number of halogens is 3. The topological polar surface area (TPSA) is 29.5 Å². The van der Waals surface area contributed by atoms with Crippen molar-refractivity contribution in [3.8, 4) is 0 Å². The average Bonchev–Trinajstić information content (AvgIpc) is 2.45. The molecule has 0 saturated heterocycles. The van der Waals surface area contributed by atoms with Crippen LogP contribution in [0, 0.1) is 0 Å². The van der Waals surface area contributed by atoms with Crippen LogP contribution in [-0.2, 0) is 10.9 Å². The zero-order valence-electron chi connectivity index (χ0n) is 11.2. The van der Waals surface area contributed by atoms with E-state index in [2.05, 4.69) is 0 Å². The molecule has 1 unspecified atom stereocenters. The maximum absolute atomic E-state index is 12.6. The predicted molar refractivity (Wildman–Crippen MR) is 69.2 cm³/mol. The summed E-state index contributed by atoms with van der Waals surface area (Å²) < 4.78 is 43.4. The molecule has 0 heterocycles. The van der Waals surface area contributed by atoms with Crippen molar-refractivity contribution in [1.82, 2.24) is 0 Å². The SMILES string of the molecule is OC(COC1CCCCC1)c1cccc(C(F)(F)F)c1. The van der Waals surface area contributed by atoms with Gasteiger partial charge in [0.2, 0.25) is 0 Å². The summed E-state index contributed by atoms with van der Waals surface area (Å²) in [6, 6.07) is 4.78. The molecule has 0 spiro atoms. The normalized spacial score (nSPS) is 19.0. The molecule has 2 nitrogen and oxygen atoms in total. The second-order valence-electron chi connectivity index (χ2n) is 5.23. The number of benzene rings is 1. The van der Waals surface area contributed by atoms with Gasteiger partial charge in [0.15, 0.2) is 0 Å². The molecule has 1 aromatic carbocycles. The third kappa shape index (κ3) is 4.21. The lowest BCUT2D eigenvalue weighted by atomic mass is 9.98. The molecule has 112 valence electrons. The van der Waals surface area contributed by atoms with Gasteiger partial charge in [-0.2, -0.15) is 13.2 Å². The van der Waals surface area contributed by atoms with Gasteiger partial charge in [0.05, 0.1) is 18.3 Å². The molecule has 0 radical (unpaired) electrons. The van der Waals surface area contributed by atoms with Crippen molar-refractivity contribution in [3.63, 3.8) is 0 Å². The minimum atomic E-state index is -4.39. The molecule has 1 aliphatic rings. The lowest BCUT2D eigenvalue weighted by Gasteiger charge is -2.23. The van der Waals surface area contributed by atoms with Gasteiger partial charge in [0.25, 0.3) is 0 Å². The Kier molecular flexibility index (Phi) is 5.05. The molecular formula is C15H19F3O2. The smallest absolute Gasteiger partial charge is 0.386 e. The van der Waals surface area contributed by atoms with Crippen LogP contribution in [0.3, 0.4) is 0 Å². The molecule has 1 N–H and O–H groups in total. The monoisotopic (exact) mass is 288 g/mol. The minimum absolute atomic E-state index is 0.0476. The van der Waals surface area contributed by atoms with Crippen molar-refractivity contribution in [2.45, 2.75) is 50.5 Å². The fourth-order valence-corrected chi connectivity index (χ4v) is 2.48. The van der Waals surface area contributed by atoms with Gasteiger partial charge in [-0.25, -0.2) is 0 Å². The second-order valence-corrected chi connectivity index (χ2v) is 5.23. The van der Waals surface area contributed by atoms with E-state index in [1.54, 1.807) is 0 Å².